The van der Waals surface area contributed by atoms with Gasteiger partial charge in [-0.25, -0.2) is 0 Å². The molecule has 3 N–H and O–H groups in total. The molecule has 4 heteroatoms. The first-order valence-electron chi connectivity index (χ1n) is 6.33. The first-order valence-corrected chi connectivity index (χ1v) is 6.33. The molecule has 0 spiro atoms. The van der Waals surface area contributed by atoms with Gasteiger partial charge < -0.3 is 4.74 Å². The smallest absolute Gasteiger partial charge is 0.141 e. The predicted octanol–water partition coefficient (Wildman–Crippen LogP) is 2.23. The van der Waals surface area contributed by atoms with Crippen LogP contribution in [0.3, 0.4) is 0 Å². The summed E-state index contributed by atoms with van der Waals surface area (Å²) in [5.41, 5.74) is 5.20. The zero-order valence-electron chi connectivity index (χ0n) is 11.0. The van der Waals surface area contributed by atoms with E-state index >= 15 is 0 Å². The molecule has 0 bridgehead atoms. The van der Waals surface area contributed by atoms with Gasteiger partial charge in [-0.3, -0.25) is 16.3 Å². The number of rotatable bonds is 6. The zero-order valence-corrected chi connectivity index (χ0v) is 11.0. The number of hydrogen-bond donors (Lipinski definition) is 2. The van der Waals surface area contributed by atoms with Crippen molar-refractivity contribution in [2.75, 3.05) is 7.11 Å². The third-order valence-electron chi connectivity index (χ3n) is 3.18. The van der Waals surface area contributed by atoms with Gasteiger partial charge in [0.25, 0.3) is 0 Å². The lowest BCUT2D eigenvalue weighted by Gasteiger charge is -2.18. The zero-order chi connectivity index (χ0) is 13.5. The standard InChI is InChI=1S/C15H19N3O/c1-19-15-11-17-10-9-13(15)14(18-16)8-7-12-5-3-2-4-6-12/h2-6,9-11,14,18H,7-8,16H2,1H3. The molecule has 19 heavy (non-hydrogen) atoms. The molecule has 100 valence electrons. The van der Waals surface area contributed by atoms with Crippen LogP contribution in [0.4, 0.5) is 0 Å². The van der Waals surface area contributed by atoms with E-state index in [2.05, 4.69) is 22.5 Å². The highest BCUT2D eigenvalue weighted by Crippen LogP contribution is 2.26. The third kappa shape index (κ3) is 3.53. The molecule has 0 aliphatic heterocycles. The van der Waals surface area contributed by atoms with E-state index in [1.165, 1.54) is 5.56 Å². The highest BCUT2D eigenvalue weighted by atomic mass is 16.5. The Morgan fingerprint density at radius 2 is 2.05 bits per heavy atom. The molecule has 1 aromatic carbocycles. The average molecular weight is 257 g/mol. The molecule has 0 saturated heterocycles. The number of nitrogens with zero attached hydrogens (tertiary/aromatic N) is 1. The van der Waals surface area contributed by atoms with Gasteiger partial charge in [-0.05, 0) is 24.5 Å². The highest BCUT2D eigenvalue weighted by Gasteiger charge is 2.14. The number of aromatic nitrogens is 1. The van der Waals surface area contributed by atoms with Gasteiger partial charge in [-0.2, -0.15) is 0 Å². The SMILES string of the molecule is COc1cnccc1C(CCc1ccccc1)NN. The van der Waals surface area contributed by atoms with Crippen LogP contribution in [-0.2, 0) is 6.42 Å². The molecule has 0 aliphatic carbocycles. The van der Waals surface area contributed by atoms with Crippen molar-refractivity contribution in [2.24, 2.45) is 5.84 Å². The summed E-state index contributed by atoms with van der Waals surface area (Å²) >= 11 is 0. The fourth-order valence-corrected chi connectivity index (χ4v) is 2.13. The van der Waals surface area contributed by atoms with Gasteiger partial charge in [-0.1, -0.05) is 30.3 Å². The minimum absolute atomic E-state index is 0.0538. The average Bonchev–Trinajstić information content (AvgIpc) is 2.49. The molecule has 0 saturated carbocycles. The van der Waals surface area contributed by atoms with Crippen LogP contribution in [0.25, 0.3) is 0 Å². The van der Waals surface area contributed by atoms with Gasteiger partial charge in [0.15, 0.2) is 0 Å². The second-order valence-corrected chi connectivity index (χ2v) is 4.36. The summed E-state index contributed by atoms with van der Waals surface area (Å²) in [6.07, 6.45) is 5.33. The molecule has 1 aromatic heterocycles. The van der Waals surface area contributed by atoms with Crippen LogP contribution in [0.1, 0.15) is 23.6 Å². The number of pyridine rings is 1. The normalized spacial score (nSPS) is 12.1. The third-order valence-corrected chi connectivity index (χ3v) is 3.18. The van der Waals surface area contributed by atoms with Crippen molar-refractivity contribution in [2.45, 2.75) is 18.9 Å². The largest absolute Gasteiger partial charge is 0.495 e. The molecule has 0 amide bonds. The summed E-state index contributed by atoms with van der Waals surface area (Å²) in [6, 6.07) is 12.4. The Hall–Kier alpha value is -1.91. The number of ether oxygens (including phenoxy) is 1. The quantitative estimate of drug-likeness (QED) is 0.615. The number of methoxy groups -OCH3 is 1. The van der Waals surface area contributed by atoms with Crippen molar-refractivity contribution < 1.29 is 4.74 Å². The Kier molecular flexibility index (Phi) is 4.89. The minimum Gasteiger partial charge on any atom is -0.495 e. The Labute approximate surface area is 113 Å². The van der Waals surface area contributed by atoms with Crippen LogP contribution in [0.15, 0.2) is 48.8 Å². The van der Waals surface area contributed by atoms with E-state index in [1.54, 1.807) is 19.5 Å². The molecule has 4 nitrogen and oxygen atoms in total. The predicted molar refractivity (Wildman–Crippen MR) is 75.6 cm³/mol. The summed E-state index contributed by atoms with van der Waals surface area (Å²) in [7, 11) is 1.64. The van der Waals surface area contributed by atoms with E-state index in [-0.39, 0.29) is 6.04 Å². The molecule has 2 aromatic rings. The van der Waals surface area contributed by atoms with E-state index in [0.29, 0.717) is 0 Å². The fraction of sp³-hybridized carbons (Fsp3) is 0.267. The molecule has 1 atom stereocenters. The van der Waals surface area contributed by atoms with Crippen LogP contribution in [0.2, 0.25) is 0 Å². The van der Waals surface area contributed by atoms with E-state index in [1.807, 2.05) is 24.3 Å². The van der Waals surface area contributed by atoms with Gasteiger partial charge in [0.05, 0.1) is 19.3 Å². The van der Waals surface area contributed by atoms with E-state index < -0.39 is 0 Å². The molecule has 0 aliphatic rings. The van der Waals surface area contributed by atoms with E-state index in [4.69, 9.17) is 10.6 Å². The van der Waals surface area contributed by atoms with Crippen molar-refractivity contribution in [1.82, 2.24) is 10.4 Å². The van der Waals surface area contributed by atoms with Crippen molar-refractivity contribution in [3.05, 3.63) is 59.9 Å². The second kappa shape index (κ2) is 6.87. The molecular formula is C15H19N3O. The lowest BCUT2D eigenvalue weighted by Crippen LogP contribution is -2.28. The van der Waals surface area contributed by atoms with Gasteiger partial charge in [0, 0.05) is 11.8 Å². The molecule has 2 rings (SSSR count). The molecule has 1 unspecified atom stereocenters. The van der Waals surface area contributed by atoms with Gasteiger partial charge in [-0.15, -0.1) is 0 Å². The Bertz CT molecular complexity index is 502. The molecule has 1 heterocycles. The maximum Gasteiger partial charge on any atom is 0.141 e. The fourth-order valence-electron chi connectivity index (χ4n) is 2.13. The van der Waals surface area contributed by atoms with Crippen LogP contribution < -0.4 is 16.0 Å². The minimum atomic E-state index is 0.0538. The Balaban J connectivity index is 2.08. The molecular weight excluding hydrogens is 238 g/mol. The van der Waals surface area contributed by atoms with Gasteiger partial charge in [0.2, 0.25) is 0 Å². The maximum absolute atomic E-state index is 5.67. The number of nitrogens with one attached hydrogen (secondary N) is 1. The van der Waals surface area contributed by atoms with Crippen LogP contribution in [0, 0.1) is 0 Å². The number of hydrogen-bond acceptors (Lipinski definition) is 4. The topological polar surface area (TPSA) is 60.2 Å². The lowest BCUT2D eigenvalue weighted by atomic mass is 10.00. The first-order chi connectivity index (χ1) is 9.35. The lowest BCUT2D eigenvalue weighted by molar-refractivity contribution is 0.394. The van der Waals surface area contributed by atoms with Crippen molar-refractivity contribution in [3.63, 3.8) is 0 Å². The Morgan fingerprint density at radius 3 is 2.74 bits per heavy atom. The number of hydrazine groups is 1. The van der Waals surface area contributed by atoms with Gasteiger partial charge >= 0.3 is 0 Å². The monoisotopic (exact) mass is 257 g/mol. The highest BCUT2D eigenvalue weighted by molar-refractivity contribution is 5.33. The summed E-state index contributed by atoms with van der Waals surface area (Å²) in [4.78, 5) is 4.06. The van der Waals surface area contributed by atoms with E-state index in [9.17, 15) is 0 Å². The number of nitrogens with two attached hydrogens (primary N) is 1. The van der Waals surface area contributed by atoms with Gasteiger partial charge in [0.1, 0.15) is 5.75 Å². The summed E-state index contributed by atoms with van der Waals surface area (Å²) in [5, 5.41) is 0. The van der Waals surface area contributed by atoms with Crippen molar-refractivity contribution >= 4 is 0 Å². The second-order valence-electron chi connectivity index (χ2n) is 4.36. The first kappa shape index (κ1) is 13.5. The summed E-state index contributed by atoms with van der Waals surface area (Å²) < 4.78 is 5.32. The van der Waals surface area contributed by atoms with Crippen LogP contribution in [-0.4, -0.2) is 12.1 Å². The molecule has 0 fully saturated rings. The Morgan fingerprint density at radius 1 is 1.26 bits per heavy atom. The maximum atomic E-state index is 5.67. The van der Waals surface area contributed by atoms with E-state index in [0.717, 1.165) is 24.2 Å². The number of aryl methyl sites for hydroxylation is 1. The van der Waals surface area contributed by atoms with Crippen molar-refractivity contribution in [1.29, 1.82) is 0 Å². The molecule has 0 radical (unpaired) electrons. The van der Waals surface area contributed by atoms with Crippen LogP contribution in [0.5, 0.6) is 5.75 Å². The summed E-state index contributed by atoms with van der Waals surface area (Å²) in [5.74, 6) is 6.43. The van der Waals surface area contributed by atoms with Crippen molar-refractivity contribution in [3.8, 4) is 5.75 Å². The van der Waals surface area contributed by atoms with Crippen LogP contribution >= 0.6 is 0 Å². The number of benzene rings is 1. The summed E-state index contributed by atoms with van der Waals surface area (Å²) in [6.45, 7) is 0.